The van der Waals surface area contributed by atoms with Crippen molar-refractivity contribution in [2.24, 2.45) is 0 Å². The van der Waals surface area contributed by atoms with Crippen LogP contribution in [0.2, 0.25) is 5.02 Å². The van der Waals surface area contributed by atoms with Crippen molar-refractivity contribution in [2.45, 2.75) is 45.4 Å². The van der Waals surface area contributed by atoms with Crippen LogP contribution in [0.5, 0.6) is 0 Å². The van der Waals surface area contributed by atoms with Gasteiger partial charge in [0.1, 0.15) is 22.0 Å². The van der Waals surface area contributed by atoms with Crippen molar-refractivity contribution in [3.8, 4) is 0 Å². The quantitative estimate of drug-likeness (QED) is 0.796. The van der Waals surface area contributed by atoms with Crippen LogP contribution in [0.3, 0.4) is 0 Å². The second-order valence-corrected chi connectivity index (χ2v) is 8.75. The average molecular weight is 401 g/mol. The Morgan fingerprint density at radius 2 is 2.04 bits per heavy atom. The molecule has 0 bridgehead atoms. The van der Waals surface area contributed by atoms with Crippen molar-refractivity contribution in [3.63, 3.8) is 0 Å². The fourth-order valence-corrected chi connectivity index (χ4v) is 3.50. The maximum Gasteiger partial charge on any atom is 0.267 e. The van der Waals surface area contributed by atoms with Gasteiger partial charge in [-0.15, -0.1) is 11.8 Å². The largest absolute Gasteiger partial charge is 0.476 e. The average Bonchev–Trinajstić information content (AvgIpc) is 2.49. The molecular formula is C18H22ClFN2O3S. The number of rotatable bonds is 5. The Bertz CT molecular complexity index is 745. The molecule has 0 saturated heterocycles. The molecule has 5 nitrogen and oxygen atoms in total. The van der Waals surface area contributed by atoms with E-state index in [0.29, 0.717) is 10.7 Å². The highest BCUT2D eigenvalue weighted by molar-refractivity contribution is 8.04. The number of carbonyl (C=O) groups is 2. The zero-order valence-electron chi connectivity index (χ0n) is 15.4. The number of hydrogen-bond donors (Lipinski definition) is 1. The molecule has 2 rings (SSSR count). The van der Waals surface area contributed by atoms with Gasteiger partial charge >= 0.3 is 0 Å². The first kappa shape index (κ1) is 20.6. The number of carbonyl (C=O) groups excluding carboxylic acids is 2. The number of benzene rings is 1. The number of amides is 2. The van der Waals surface area contributed by atoms with Crippen molar-refractivity contribution in [3.05, 3.63) is 39.7 Å². The summed E-state index contributed by atoms with van der Waals surface area (Å²) in [6.45, 7) is 8.88. The van der Waals surface area contributed by atoms with E-state index in [0.717, 1.165) is 6.07 Å². The van der Waals surface area contributed by atoms with Crippen LogP contribution in [0, 0.1) is 5.82 Å². The topological polar surface area (TPSA) is 58.6 Å². The van der Waals surface area contributed by atoms with Gasteiger partial charge in [-0.05, 0) is 39.0 Å². The molecular weight excluding hydrogens is 379 g/mol. The van der Waals surface area contributed by atoms with Gasteiger partial charge in [0.05, 0.1) is 0 Å². The van der Waals surface area contributed by atoms with Crippen molar-refractivity contribution in [1.82, 2.24) is 4.90 Å². The van der Waals surface area contributed by atoms with Crippen LogP contribution in [0.4, 0.5) is 10.1 Å². The Balaban J connectivity index is 2.23. The summed E-state index contributed by atoms with van der Waals surface area (Å²) in [5.74, 6) is -0.732. The summed E-state index contributed by atoms with van der Waals surface area (Å²) >= 11 is 7.21. The molecule has 1 heterocycles. The first-order valence-electron chi connectivity index (χ1n) is 8.12. The van der Waals surface area contributed by atoms with E-state index in [-0.39, 0.29) is 28.6 Å². The zero-order valence-corrected chi connectivity index (χ0v) is 16.9. The standard InChI is InChI=1S/C18H22ClFN2O3S/c1-10(2)26-15-11(3)25-9-22(16(15)23)18(4,5)17(24)21-14-7-12(19)6-13(20)8-14/h6-8,10H,9H2,1-5H3,(H,21,24). The van der Waals surface area contributed by atoms with Gasteiger partial charge in [-0.1, -0.05) is 25.4 Å². The van der Waals surface area contributed by atoms with Gasteiger partial charge in [-0.2, -0.15) is 0 Å². The molecule has 8 heteroatoms. The van der Waals surface area contributed by atoms with Crippen molar-refractivity contribution < 1.29 is 18.7 Å². The minimum Gasteiger partial charge on any atom is -0.476 e. The molecule has 0 unspecified atom stereocenters. The van der Waals surface area contributed by atoms with Crippen LogP contribution in [0.15, 0.2) is 28.9 Å². The van der Waals surface area contributed by atoms with Gasteiger partial charge in [-0.3, -0.25) is 14.5 Å². The normalized spacial score (nSPS) is 15.4. The first-order chi connectivity index (χ1) is 12.0. The van der Waals surface area contributed by atoms with Crippen LogP contribution >= 0.6 is 23.4 Å². The van der Waals surface area contributed by atoms with Gasteiger partial charge in [0.25, 0.3) is 5.91 Å². The Morgan fingerprint density at radius 1 is 1.38 bits per heavy atom. The summed E-state index contributed by atoms with van der Waals surface area (Å²) in [5, 5.41) is 2.98. The Labute approximate surface area is 161 Å². The van der Waals surface area contributed by atoms with Gasteiger partial charge < -0.3 is 10.1 Å². The molecule has 1 aromatic rings. The van der Waals surface area contributed by atoms with Crippen molar-refractivity contribution in [1.29, 1.82) is 0 Å². The number of nitrogens with zero attached hydrogens (tertiary/aromatic N) is 1. The van der Waals surface area contributed by atoms with E-state index >= 15 is 0 Å². The highest BCUT2D eigenvalue weighted by atomic mass is 35.5. The fourth-order valence-electron chi connectivity index (χ4n) is 2.38. The first-order valence-corrected chi connectivity index (χ1v) is 9.38. The summed E-state index contributed by atoms with van der Waals surface area (Å²) in [7, 11) is 0. The lowest BCUT2D eigenvalue weighted by atomic mass is 10.0. The molecule has 1 aromatic carbocycles. The lowest BCUT2D eigenvalue weighted by molar-refractivity contribution is -0.148. The predicted molar refractivity (Wildman–Crippen MR) is 102 cm³/mol. The van der Waals surface area contributed by atoms with E-state index in [9.17, 15) is 14.0 Å². The highest BCUT2D eigenvalue weighted by Gasteiger charge is 2.42. The highest BCUT2D eigenvalue weighted by Crippen LogP contribution is 2.33. The number of thioether (sulfide) groups is 1. The zero-order chi connectivity index (χ0) is 19.6. The number of hydrogen-bond acceptors (Lipinski definition) is 4. The van der Waals surface area contributed by atoms with Crippen molar-refractivity contribution in [2.75, 3.05) is 12.0 Å². The fraction of sp³-hybridized carbons (Fsp3) is 0.444. The molecule has 0 aromatic heterocycles. The van der Waals surface area contributed by atoms with Crippen molar-refractivity contribution >= 4 is 40.9 Å². The second kappa shape index (κ2) is 7.88. The number of nitrogens with one attached hydrogen (secondary N) is 1. The molecule has 0 aliphatic carbocycles. The SMILES string of the molecule is CC1=C(SC(C)C)C(=O)N(C(C)(C)C(=O)Nc2cc(F)cc(Cl)c2)CO1. The maximum absolute atomic E-state index is 13.5. The predicted octanol–water partition coefficient (Wildman–Crippen LogP) is 4.39. The smallest absolute Gasteiger partial charge is 0.267 e. The van der Waals surface area contributed by atoms with Crippen LogP contribution in [-0.2, 0) is 14.3 Å². The molecule has 0 fully saturated rings. The minimum atomic E-state index is -1.21. The number of halogens is 2. The van der Waals surface area contributed by atoms with Gasteiger partial charge in [-0.25, -0.2) is 4.39 Å². The number of ether oxygens (including phenoxy) is 1. The third kappa shape index (κ3) is 4.51. The monoisotopic (exact) mass is 400 g/mol. The van der Waals surface area contributed by atoms with E-state index in [1.807, 2.05) is 13.8 Å². The molecule has 1 aliphatic heterocycles. The van der Waals surface area contributed by atoms with Gasteiger partial charge in [0.15, 0.2) is 6.73 Å². The molecule has 0 saturated carbocycles. The molecule has 2 amide bonds. The summed E-state index contributed by atoms with van der Waals surface area (Å²) in [6.07, 6.45) is 0. The third-order valence-electron chi connectivity index (χ3n) is 3.87. The molecule has 1 N–H and O–H groups in total. The summed E-state index contributed by atoms with van der Waals surface area (Å²) in [4.78, 5) is 27.5. The van der Waals surface area contributed by atoms with Gasteiger partial charge in [0, 0.05) is 16.0 Å². The van der Waals surface area contributed by atoms with Crippen LogP contribution in [0.25, 0.3) is 0 Å². The molecule has 1 aliphatic rings. The molecule has 0 radical (unpaired) electrons. The Kier molecular flexibility index (Phi) is 6.24. The summed E-state index contributed by atoms with van der Waals surface area (Å²) in [6, 6.07) is 3.75. The lowest BCUT2D eigenvalue weighted by Gasteiger charge is -2.40. The van der Waals surface area contributed by atoms with Crippen LogP contribution < -0.4 is 5.32 Å². The van der Waals surface area contributed by atoms with E-state index in [1.165, 1.54) is 28.8 Å². The number of allylic oxidation sites excluding steroid dienone is 1. The minimum absolute atomic E-state index is 0.0306. The third-order valence-corrected chi connectivity index (χ3v) is 5.26. The summed E-state index contributed by atoms with van der Waals surface area (Å²) in [5.41, 5.74) is -0.985. The molecule has 26 heavy (non-hydrogen) atoms. The van der Waals surface area contributed by atoms with E-state index in [1.54, 1.807) is 20.8 Å². The molecule has 0 atom stereocenters. The van der Waals surface area contributed by atoms with Crippen LogP contribution in [-0.4, -0.2) is 34.2 Å². The Morgan fingerprint density at radius 3 is 2.62 bits per heavy atom. The maximum atomic E-state index is 13.5. The molecule has 142 valence electrons. The van der Waals surface area contributed by atoms with E-state index in [4.69, 9.17) is 16.3 Å². The second-order valence-electron chi connectivity index (χ2n) is 6.73. The van der Waals surface area contributed by atoms with E-state index in [2.05, 4.69) is 5.32 Å². The van der Waals surface area contributed by atoms with Crippen LogP contribution in [0.1, 0.15) is 34.6 Å². The van der Waals surface area contributed by atoms with E-state index < -0.39 is 17.3 Å². The Hall–Kier alpha value is -1.73. The lowest BCUT2D eigenvalue weighted by Crippen LogP contribution is -2.57. The number of anilines is 1. The summed E-state index contributed by atoms with van der Waals surface area (Å²) < 4.78 is 19.1. The van der Waals surface area contributed by atoms with Gasteiger partial charge in [0.2, 0.25) is 5.91 Å². The molecule has 0 spiro atoms.